The quantitative estimate of drug-likeness (QED) is 0.885. The lowest BCUT2D eigenvalue weighted by atomic mass is 9.92. The maximum atomic E-state index is 11.3. The fourth-order valence-electron chi connectivity index (χ4n) is 3.76. The lowest BCUT2D eigenvalue weighted by Crippen LogP contribution is -2.39. The molecule has 1 aromatic heterocycles. The summed E-state index contributed by atoms with van der Waals surface area (Å²) < 4.78 is 0. The molecule has 0 spiro atoms. The molecular formula is C20H25NO2S. The Bertz CT molecular complexity index is 709. The average molecular weight is 343 g/mol. The Balaban J connectivity index is 1.95. The van der Waals surface area contributed by atoms with Crippen LogP contribution >= 0.6 is 11.3 Å². The third-order valence-electron chi connectivity index (χ3n) is 4.95. The Hall–Kier alpha value is -1.65. The summed E-state index contributed by atoms with van der Waals surface area (Å²) in [7, 11) is 0. The Morgan fingerprint density at radius 3 is 2.29 bits per heavy atom. The van der Waals surface area contributed by atoms with E-state index in [-0.39, 0.29) is 12.0 Å². The van der Waals surface area contributed by atoms with Crippen LogP contribution in [0.1, 0.15) is 46.0 Å². The number of thiophene rings is 1. The van der Waals surface area contributed by atoms with Crippen LogP contribution in [0.3, 0.4) is 0 Å². The fraction of sp³-hybridized carbons (Fsp3) is 0.450. The van der Waals surface area contributed by atoms with Crippen LogP contribution in [0.15, 0.2) is 29.6 Å². The Labute approximate surface area is 147 Å². The number of piperidine rings is 1. The number of carboxylic acids is 1. The monoisotopic (exact) mass is 343 g/mol. The second-order valence-corrected chi connectivity index (χ2v) is 7.89. The molecule has 2 aromatic rings. The van der Waals surface area contributed by atoms with E-state index in [1.54, 1.807) is 11.3 Å². The third kappa shape index (κ3) is 3.55. The van der Waals surface area contributed by atoms with E-state index in [4.69, 9.17) is 0 Å². The van der Waals surface area contributed by atoms with Crippen LogP contribution < -0.4 is 0 Å². The molecule has 1 aliphatic heterocycles. The van der Waals surface area contributed by atoms with Gasteiger partial charge in [0.05, 0.1) is 12.0 Å². The van der Waals surface area contributed by atoms with Gasteiger partial charge in [-0.1, -0.05) is 29.3 Å². The van der Waals surface area contributed by atoms with Crippen molar-refractivity contribution in [3.05, 3.63) is 56.8 Å². The van der Waals surface area contributed by atoms with Gasteiger partial charge in [0.1, 0.15) is 0 Å². The zero-order valence-corrected chi connectivity index (χ0v) is 15.4. The molecule has 1 saturated heterocycles. The molecule has 0 radical (unpaired) electrons. The summed E-state index contributed by atoms with van der Waals surface area (Å²) in [5.74, 6) is -0.838. The second kappa shape index (κ2) is 7.08. The van der Waals surface area contributed by atoms with Gasteiger partial charge in [0.15, 0.2) is 0 Å². The van der Waals surface area contributed by atoms with Gasteiger partial charge in [-0.3, -0.25) is 9.69 Å². The number of hydrogen-bond acceptors (Lipinski definition) is 3. The van der Waals surface area contributed by atoms with Gasteiger partial charge in [0, 0.05) is 4.88 Å². The van der Waals surface area contributed by atoms with Gasteiger partial charge in [0.25, 0.3) is 0 Å². The molecule has 1 unspecified atom stereocenters. The smallest absolute Gasteiger partial charge is 0.306 e. The number of aliphatic carboxylic acids is 1. The highest BCUT2D eigenvalue weighted by Crippen LogP contribution is 2.37. The van der Waals surface area contributed by atoms with E-state index in [0.29, 0.717) is 0 Å². The summed E-state index contributed by atoms with van der Waals surface area (Å²) >= 11 is 1.81. The number of carboxylic acid groups (broad SMARTS) is 1. The van der Waals surface area contributed by atoms with E-state index in [1.807, 2.05) is 0 Å². The molecule has 1 fully saturated rings. The average Bonchev–Trinajstić information content (AvgIpc) is 2.93. The maximum Gasteiger partial charge on any atom is 0.306 e. The fourth-order valence-corrected chi connectivity index (χ4v) is 4.85. The lowest BCUT2D eigenvalue weighted by Gasteiger charge is -2.37. The third-order valence-corrected chi connectivity index (χ3v) is 6.03. The molecule has 1 aromatic carbocycles. The highest BCUT2D eigenvalue weighted by atomic mass is 32.1. The van der Waals surface area contributed by atoms with Crippen LogP contribution in [0, 0.1) is 26.7 Å². The van der Waals surface area contributed by atoms with Crippen LogP contribution in [0.25, 0.3) is 0 Å². The highest BCUT2D eigenvalue weighted by molar-refractivity contribution is 7.10. The number of nitrogens with zero attached hydrogens (tertiary/aromatic N) is 1. The molecule has 3 nitrogen and oxygen atoms in total. The number of carbonyl (C=O) groups is 1. The van der Waals surface area contributed by atoms with Gasteiger partial charge in [0.2, 0.25) is 0 Å². The minimum atomic E-state index is -0.648. The van der Waals surface area contributed by atoms with E-state index in [0.717, 1.165) is 25.9 Å². The molecule has 128 valence electrons. The Morgan fingerprint density at radius 2 is 1.79 bits per heavy atom. The molecule has 4 heteroatoms. The van der Waals surface area contributed by atoms with Crippen molar-refractivity contribution in [1.29, 1.82) is 0 Å². The van der Waals surface area contributed by atoms with Crippen molar-refractivity contribution in [2.75, 3.05) is 13.1 Å². The number of aryl methyl sites for hydroxylation is 3. The van der Waals surface area contributed by atoms with E-state index < -0.39 is 5.97 Å². The molecule has 3 rings (SSSR count). The maximum absolute atomic E-state index is 11.3. The normalized spacial score (nSPS) is 17.8. The number of hydrogen-bond donors (Lipinski definition) is 1. The minimum absolute atomic E-state index is 0.189. The van der Waals surface area contributed by atoms with E-state index >= 15 is 0 Å². The molecule has 1 atom stereocenters. The first-order chi connectivity index (χ1) is 11.5. The van der Waals surface area contributed by atoms with E-state index in [9.17, 15) is 9.90 Å². The SMILES string of the molecule is Cc1cc(C)cc(C(c2sccc2C)N2CCC(C(=O)O)CC2)c1. The largest absolute Gasteiger partial charge is 0.481 e. The number of likely N-dealkylation sites (tertiary alicyclic amines) is 1. The van der Waals surface area contributed by atoms with Crippen LogP contribution in [-0.4, -0.2) is 29.1 Å². The van der Waals surface area contributed by atoms with Crippen molar-refractivity contribution in [2.24, 2.45) is 5.92 Å². The zero-order valence-electron chi connectivity index (χ0n) is 14.6. The molecule has 1 aliphatic rings. The van der Waals surface area contributed by atoms with Crippen LogP contribution in [0.5, 0.6) is 0 Å². The highest BCUT2D eigenvalue weighted by Gasteiger charge is 2.31. The van der Waals surface area contributed by atoms with Crippen molar-refractivity contribution >= 4 is 17.3 Å². The molecule has 0 bridgehead atoms. The molecule has 0 amide bonds. The van der Waals surface area contributed by atoms with Crippen LogP contribution in [0.4, 0.5) is 0 Å². The molecule has 1 N–H and O–H groups in total. The van der Waals surface area contributed by atoms with Crippen LogP contribution in [0.2, 0.25) is 0 Å². The predicted molar refractivity (Wildman–Crippen MR) is 98.7 cm³/mol. The van der Waals surface area contributed by atoms with Crippen LogP contribution in [-0.2, 0) is 4.79 Å². The standard InChI is InChI=1S/C20H25NO2S/c1-13-10-14(2)12-17(11-13)18(19-15(3)6-9-24-19)21-7-4-16(5-8-21)20(22)23/h6,9-12,16,18H,4-5,7-8H2,1-3H3,(H,22,23). The topological polar surface area (TPSA) is 40.5 Å². The van der Waals surface area contributed by atoms with Gasteiger partial charge < -0.3 is 5.11 Å². The lowest BCUT2D eigenvalue weighted by molar-refractivity contribution is -0.143. The number of benzene rings is 1. The first kappa shape index (κ1) is 17.2. The van der Waals surface area contributed by atoms with Crippen molar-refractivity contribution < 1.29 is 9.90 Å². The van der Waals surface area contributed by atoms with Gasteiger partial charge in [-0.25, -0.2) is 0 Å². The second-order valence-electron chi connectivity index (χ2n) is 6.94. The van der Waals surface area contributed by atoms with E-state index in [2.05, 4.69) is 55.3 Å². The first-order valence-electron chi connectivity index (χ1n) is 8.54. The zero-order chi connectivity index (χ0) is 17.3. The van der Waals surface area contributed by atoms with Crippen molar-refractivity contribution in [2.45, 2.75) is 39.7 Å². The number of rotatable bonds is 4. The predicted octanol–water partition coefficient (Wildman–Crippen LogP) is 4.56. The van der Waals surface area contributed by atoms with Crippen molar-refractivity contribution in [1.82, 2.24) is 4.90 Å². The molecular weight excluding hydrogens is 318 g/mol. The van der Waals surface area contributed by atoms with Gasteiger partial charge in [-0.05, 0) is 69.3 Å². The van der Waals surface area contributed by atoms with Gasteiger partial charge in [-0.2, -0.15) is 0 Å². The Morgan fingerprint density at radius 1 is 1.17 bits per heavy atom. The molecule has 2 heterocycles. The first-order valence-corrected chi connectivity index (χ1v) is 9.42. The summed E-state index contributed by atoms with van der Waals surface area (Å²) in [6.45, 7) is 8.14. The molecule has 24 heavy (non-hydrogen) atoms. The van der Waals surface area contributed by atoms with Crippen molar-refractivity contribution in [3.63, 3.8) is 0 Å². The summed E-state index contributed by atoms with van der Waals surface area (Å²) in [5.41, 5.74) is 5.21. The summed E-state index contributed by atoms with van der Waals surface area (Å²) in [6.07, 6.45) is 1.47. The summed E-state index contributed by atoms with van der Waals surface area (Å²) in [4.78, 5) is 15.1. The van der Waals surface area contributed by atoms with Gasteiger partial charge in [-0.15, -0.1) is 11.3 Å². The van der Waals surface area contributed by atoms with E-state index in [1.165, 1.54) is 27.1 Å². The summed E-state index contributed by atoms with van der Waals surface area (Å²) in [6, 6.07) is 9.18. The van der Waals surface area contributed by atoms with Gasteiger partial charge >= 0.3 is 5.97 Å². The summed E-state index contributed by atoms with van der Waals surface area (Å²) in [5, 5.41) is 11.4. The molecule has 0 aliphatic carbocycles. The Kier molecular flexibility index (Phi) is 5.07. The van der Waals surface area contributed by atoms with Crippen molar-refractivity contribution in [3.8, 4) is 0 Å². The molecule has 0 saturated carbocycles. The minimum Gasteiger partial charge on any atom is -0.481 e.